The molecule has 3 aliphatic heterocycles. The lowest BCUT2D eigenvalue weighted by Gasteiger charge is -2.39. The number of rotatable bonds is 20. The van der Waals surface area contributed by atoms with Gasteiger partial charge in [0.1, 0.15) is 28.6 Å². The van der Waals surface area contributed by atoms with E-state index in [1.807, 2.05) is 52.0 Å². The molecule has 3 aliphatic rings. The van der Waals surface area contributed by atoms with Gasteiger partial charge in [0.25, 0.3) is 0 Å². The van der Waals surface area contributed by atoms with E-state index in [-0.39, 0.29) is 55.7 Å². The van der Waals surface area contributed by atoms with Gasteiger partial charge in [-0.25, -0.2) is 0 Å². The molecule has 14 nitrogen and oxygen atoms in total. The monoisotopic (exact) mass is 744 g/mol. The van der Waals surface area contributed by atoms with Crippen molar-refractivity contribution < 1.29 is 69.4 Å². The maximum Gasteiger partial charge on any atom is 0.167 e. The number of carbonyl (C=O) groups excluding carboxylic acids is 3. The minimum Gasteiger partial charge on any atom is -0.396 e. The third-order valence-corrected chi connectivity index (χ3v) is 11.1. The zero-order chi connectivity index (χ0) is 39.8. The summed E-state index contributed by atoms with van der Waals surface area (Å²) in [5.74, 6) is -7.18. The molecule has 0 spiro atoms. The number of aliphatic hydroxyl groups is 8. The van der Waals surface area contributed by atoms with E-state index in [0.29, 0.717) is 6.42 Å². The van der Waals surface area contributed by atoms with Crippen LogP contribution in [0.2, 0.25) is 0 Å². The van der Waals surface area contributed by atoms with Crippen molar-refractivity contribution in [3.63, 3.8) is 0 Å². The second kappa shape index (κ2) is 19.6. The molecule has 3 heterocycles. The van der Waals surface area contributed by atoms with Crippen LogP contribution in [0.25, 0.3) is 0 Å². The minimum atomic E-state index is -1.44. The Balaban J connectivity index is 0.000000360. The Morgan fingerprint density at radius 2 is 1.27 bits per heavy atom. The zero-order valence-corrected chi connectivity index (χ0v) is 31.9. The molecule has 0 aromatic heterocycles. The van der Waals surface area contributed by atoms with Crippen LogP contribution in [0, 0.1) is 35.5 Å². The van der Waals surface area contributed by atoms with E-state index in [2.05, 4.69) is 0 Å². The van der Waals surface area contributed by atoms with Gasteiger partial charge in [-0.05, 0) is 34.1 Å². The molecule has 0 amide bonds. The molecule has 0 aromatic rings. The highest BCUT2D eigenvalue weighted by Gasteiger charge is 2.63. The quantitative estimate of drug-likeness (QED) is 0.0630. The van der Waals surface area contributed by atoms with Crippen molar-refractivity contribution in [2.45, 2.75) is 135 Å². The molecular weight excluding hydrogens is 680 g/mol. The number of carbonyl (C=O) groups is 3. The Morgan fingerprint density at radius 3 is 1.65 bits per heavy atom. The van der Waals surface area contributed by atoms with E-state index >= 15 is 0 Å². The first-order valence-electron chi connectivity index (χ1n) is 18.4. The van der Waals surface area contributed by atoms with Crippen LogP contribution in [-0.4, -0.2) is 138 Å². The fraction of sp³-hybridized carbons (Fsp3) is 0.816. The fourth-order valence-electron chi connectivity index (χ4n) is 7.39. The summed E-state index contributed by atoms with van der Waals surface area (Å²) in [7, 11) is 0. The van der Waals surface area contributed by atoms with Crippen molar-refractivity contribution in [3.8, 4) is 0 Å². The van der Waals surface area contributed by atoms with Crippen LogP contribution >= 0.6 is 0 Å². The number of ketones is 3. The van der Waals surface area contributed by atoms with Crippen LogP contribution in [-0.2, 0) is 28.6 Å². The highest BCUT2D eigenvalue weighted by Crippen LogP contribution is 2.48. The average Bonchev–Trinajstić information content (AvgIpc) is 4.00. The predicted molar refractivity (Wildman–Crippen MR) is 189 cm³/mol. The first-order chi connectivity index (χ1) is 24.3. The maximum absolute atomic E-state index is 12.8. The Kier molecular flexibility index (Phi) is 17.4. The highest BCUT2D eigenvalue weighted by atomic mass is 16.6. The van der Waals surface area contributed by atoms with Crippen molar-refractivity contribution in [3.05, 3.63) is 24.3 Å². The summed E-state index contributed by atoms with van der Waals surface area (Å²) in [6, 6.07) is 0. The Morgan fingerprint density at radius 1 is 0.808 bits per heavy atom. The molecule has 3 fully saturated rings. The molecule has 0 aliphatic carbocycles. The Hall–Kier alpha value is -1.95. The normalized spacial score (nSPS) is 34.7. The van der Waals surface area contributed by atoms with Gasteiger partial charge in [-0.3, -0.25) is 14.4 Å². The van der Waals surface area contributed by atoms with E-state index in [4.69, 9.17) is 14.2 Å². The summed E-state index contributed by atoms with van der Waals surface area (Å²) in [6.45, 7) is 12.4. The van der Waals surface area contributed by atoms with E-state index < -0.39 is 96.5 Å². The van der Waals surface area contributed by atoms with Crippen LogP contribution in [0.1, 0.15) is 81.1 Å². The number of allylic oxidation sites excluding steroid dienone is 2. The van der Waals surface area contributed by atoms with Gasteiger partial charge in [0.2, 0.25) is 0 Å². The molecular formula is C38H64O14. The van der Waals surface area contributed by atoms with Gasteiger partial charge in [-0.2, -0.15) is 0 Å². The Labute approximate surface area is 307 Å². The second-order valence-corrected chi connectivity index (χ2v) is 14.9. The maximum atomic E-state index is 12.8. The van der Waals surface area contributed by atoms with E-state index in [1.54, 1.807) is 27.7 Å². The van der Waals surface area contributed by atoms with Gasteiger partial charge in [-0.1, -0.05) is 52.0 Å². The highest BCUT2D eigenvalue weighted by molar-refractivity contribution is 5.86. The summed E-state index contributed by atoms with van der Waals surface area (Å²) in [6.07, 6.45) is 2.37. The van der Waals surface area contributed by atoms with Gasteiger partial charge >= 0.3 is 0 Å². The molecule has 300 valence electrons. The van der Waals surface area contributed by atoms with Gasteiger partial charge in [0, 0.05) is 31.1 Å². The molecule has 8 N–H and O–H groups in total. The average molecular weight is 745 g/mol. The third kappa shape index (κ3) is 10.6. The van der Waals surface area contributed by atoms with Crippen molar-refractivity contribution in [2.75, 3.05) is 26.4 Å². The number of epoxide rings is 2. The number of hydrogen-bond acceptors (Lipinski definition) is 14. The largest absolute Gasteiger partial charge is 0.396 e. The summed E-state index contributed by atoms with van der Waals surface area (Å²) >= 11 is 0. The Bertz CT molecular complexity index is 1240. The molecule has 0 aromatic carbocycles. The minimum absolute atomic E-state index is 0.0236. The summed E-state index contributed by atoms with van der Waals surface area (Å²) in [5.41, 5.74) is -1.92. The van der Waals surface area contributed by atoms with E-state index in [1.165, 1.54) is 0 Å². The van der Waals surface area contributed by atoms with Crippen molar-refractivity contribution in [1.82, 2.24) is 0 Å². The van der Waals surface area contributed by atoms with Crippen molar-refractivity contribution in [2.24, 2.45) is 35.5 Å². The first-order valence-corrected chi connectivity index (χ1v) is 18.4. The van der Waals surface area contributed by atoms with Crippen LogP contribution in [0.3, 0.4) is 0 Å². The van der Waals surface area contributed by atoms with Gasteiger partial charge < -0.3 is 55.1 Å². The third-order valence-electron chi connectivity index (χ3n) is 11.1. The molecule has 52 heavy (non-hydrogen) atoms. The molecule has 1 unspecified atom stereocenters. The molecule has 15 atom stereocenters. The second-order valence-electron chi connectivity index (χ2n) is 14.9. The summed E-state index contributed by atoms with van der Waals surface area (Å²) < 4.78 is 16.7. The van der Waals surface area contributed by atoms with E-state index in [9.17, 15) is 55.2 Å². The summed E-state index contributed by atoms with van der Waals surface area (Å²) in [4.78, 5) is 37.1. The number of hydrogen-bond donors (Lipinski definition) is 8. The standard InChI is InChI=1S/2C19H32O7/c1-5-7-11(3)17-18(4,26-17)16(23)12(9-20)15(22)13-10-25-19(24,6-2)8-14(13)21;1-5-7-11(3)18-19(4,26-18)17(25)14(10-21)16(24)13(9-20)15(23)8-12(22)6-2/h5,7,11-14,16-17,20-21,23-24H,6,8-10H2,1-4H3;5,7,11,13-15,17-18,20-21,23,25H,6,8-10H2,1-4H3/b2*7-5-/t11-,12-,13-,14+,16-,17+,18+,19?;11-,13-,14-,15+,17-,18+,19+/m00/s1. The van der Waals surface area contributed by atoms with Crippen LogP contribution < -0.4 is 0 Å². The van der Waals surface area contributed by atoms with Crippen molar-refractivity contribution in [1.29, 1.82) is 0 Å². The lowest BCUT2D eigenvalue weighted by molar-refractivity contribution is -0.258. The van der Waals surface area contributed by atoms with E-state index in [0.717, 1.165) is 0 Å². The number of aliphatic hydroxyl groups excluding tert-OH is 7. The fourth-order valence-corrected chi connectivity index (χ4v) is 7.39. The van der Waals surface area contributed by atoms with Gasteiger partial charge in [0.05, 0.1) is 86.7 Å². The van der Waals surface area contributed by atoms with Crippen LogP contribution in [0.15, 0.2) is 24.3 Å². The number of ether oxygens (including phenoxy) is 3. The van der Waals surface area contributed by atoms with Crippen LogP contribution in [0.5, 0.6) is 0 Å². The SMILES string of the molecule is C/C=C\[C@H](C)[C@H]1O[C@]1(C)[C@@H](O)[C@@H](CO)C(=O)[C@@H](CO)[C@H](O)CC(=O)CC.C/C=C\[C@H](C)[C@H]1O[C@]1(C)[C@@H](O)[C@@H](CO)C(=O)[C@H]1COC(O)(CC)C[C@H]1O. The van der Waals surface area contributed by atoms with Gasteiger partial charge in [0.15, 0.2) is 5.79 Å². The smallest absolute Gasteiger partial charge is 0.167 e. The zero-order valence-electron chi connectivity index (χ0n) is 31.9. The van der Waals surface area contributed by atoms with Gasteiger partial charge in [-0.15, -0.1) is 0 Å². The molecule has 0 saturated carbocycles. The lowest BCUT2D eigenvalue weighted by atomic mass is 9.78. The number of Topliss-reactive ketones (excluding diaryl/α,β-unsaturated/α-hetero) is 3. The first kappa shape index (κ1) is 46.2. The predicted octanol–water partition coefficient (Wildman–Crippen LogP) is 0.624. The molecule has 0 bridgehead atoms. The lowest BCUT2D eigenvalue weighted by Crippen LogP contribution is -2.53. The van der Waals surface area contributed by atoms with Crippen molar-refractivity contribution >= 4 is 17.3 Å². The molecule has 14 heteroatoms. The molecule has 3 rings (SSSR count). The molecule has 3 saturated heterocycles. The summed E-state index contributed by atoms with van der Waals surface area (Å²) in [5, 5.41) is 80.8. The topological polar surface area (TPSA) is 247 Å². The van der Waals surface area contributed by atoms with Crippen LogP contribution in [0.4, 0.5) is 0 Å². The molecule has 0 radical (unpaired) electrons.